The van der Waals surface area contributed by atoms with Crippen molar-refractivity contribution in [2.24, 2.45) is 5.73 Å². The lowest BCUT2D eigenvalue weighted by molar-refractivity contribution is 0.132. The van der Waals surface area contributed by atoms with Crippen LogP contribution in [0.15, 0.2) is 59.8 Å². The van der Waals surface area contributed by atoms with Gasteiger partial charge in [-0.05, 0) is 61.9 Å². The van der Waals surface area contributed by atoms with Crippen molar-refractivity contribution in [2.75, 3.05) is 18.1 Å². The number of nitrogens with zero attached hydrogens (tertiary/aromatic N) is 3. The van der Waals surface area contributed by atoms with Gasteiger partial charge in [-0.25, -0.2) is 0 Å². The van der Waals surface area contributed by atoms with E-state index in [0.29, 0.717) is 30.2 Å². The van der Waals surface area contributed by atoms with Gasteiger partial charge in [0.2, 0.25) is 0 Å². The van der Waals surface area contributed by atoms with E-state index in [1.165, 1.54) is 0 Å². The molecule has 2 aromatic carbocycles. The molecule has 6 heteroatoms. The van der Waals surface area contributed by atoms with E-state index in [4.69, 9.17) is 20.5 Å². The molecule has 0 bridgehead atoms. The number of nitriles is 2. The topological polar surface area (TPSA) is 95.3 Å². The monoisotopic (exact) mass is 374 g/mol. The second-order valence-corrected chi connectivity index (χ2v) is 6.54. The first-order valence-electron chi connectivity index (χ1n) is 9.08. The molecule has 2 aromatic rings. The summed E-state index contributed by atoms with van der Waals surface area (Å²) in [6.07, 6.45) is -0.0524. The van der Waals surface area contributed by atoms with E-state index in [1.807, 2.05) is 43.0 Å². The summed E-state index contributed by atoms with van der Waals surface area (Å²) in [7, 11) is 0. The van der Waals surface area contributed by atoms with Crippen LogP contribution in [0.25, 0.3) is 0 Å². The minimum atomic E-state index is -0.371. The second-order valence-electron chi connectivity index (χ2n) is 6.54. The maximum Gasteiger partial charge on any atom is 0.128 e. The van der Waals surface area contributed by atoms with Crippen molar-refractivity contribution in [3.8, 4) is 23.6 Å². The lowest BCUT2D eigenvalue weighted by Crippen LogP contribution is -2.33. The molecule has 1 heterocycles. The van der Waals surface area contributed by atoms with Gasteiger partial charge < -0.3 is 20.1 Å². The van der Waals surface area contributed by atoms with Gasteiger partial charge in [-0.2, -0.15) is 10.5 Å². The molecular weight excluding hydrogens is 352 g/mol. The van der Waals surface area contributed by atoms with E-state index in [1.54, 1.807) is 24.3 Å². The fourth-order valence-electron chi connectivity index (χ4n) is 3.25. The zero-order valence-electron chi connectivity index (χ0n) is 15.9. The highest BCUT2D eigenvalue weighted by molar-refractivity contribution is 5.58. The fourth-order valence-corrected chi connectivity index (χ4v) is 3.25. The Morgan fingerprint density at radius 2 is 1.96 bits per heavy atom. The van der Waals surface area contributed by atoms with Crippen molar-refractivity contribution in [2.45, 2.75) is 26.0 Å². The Kier molecular flexibility index (Phi) is 5.96. The van der Waals surface area contributed by atoms with Gasteiger partial charge in [0.15, 0.2) is 0 Å². The molecule has 0 saturated carbocycles. The summed E-state index contributed by atoms with van der Waals surface area (Å²) in [5.41, 5.74) is 9.28. The van der Waals surface area contributed by atoms with Crippen molar-refractivity contribution < 1.29 is 9.47 Å². The average molecular weight is 374 g/mol. The molecule has 2 N–H and O–H groups in total. The molecule has 142 valence electrons. The second kappa shape index (κ2) is 8.58. The van der Waals surface area contributed by atoms with E-state index in [9.17, 15) is 5.26 Å². The molecule has 0 fully saturated rings. The Morgan fingerprint density at radius 1 is 1.21 bits per heavy atom. The van der Waals surface area contributed by atoms with Crippen LogP contribution in [0.2, 0.25) is 0 Å². The molecule has 1 aliphatic rings. The third-order valence-electron chi connectivity index (χ3n) is 4.73. The number of benzene rings is 2. The molecule has 0 aliphatic carbocycles. The first-order chi connectivity index (χ1) is 13.6. The molecule has 2 unspecified atom stereocenters. The molecule has 28 heavy (non-hydrogen) atoms. The Labute approximate surface area is 165 Å². The number of ether oxygens (including phenoxy) is 2. The standard InChI is InChI=1S/C22H22N4O2/c1-15(11-23)26(22-14-27-16(2)21(22)13-25)18-6-8-19(9-7-18)28-20-5-3-4-17(10-20)12-24/h3-10,15-16H,13-14,25H2,1-2H3. The predicted molar refractivity (Wildman–Crippen MR) is 107 cm³/mol. The number of hydrogen-bond donors (Lipinski definition) is 1. The number of nitrogens with two attached hydrogens (primary N) is 1. The largest absolute Gasteiger partial charge is 0.457 e. The van der Waals surface area contributed by atoms with Gasteiger partial charge >= 0.3 is 0 Å². The van der Waals surface area contributed by atoms with Crippen molar-refractivity contribution >= 4 is 5.69 Å². The number of anilines is 1. The van der Waals surface area contributed by atoms with Gasteiger partial charge in [-0.1, -0.05) is 6.07 Å². The quantitative estimate of drug-likeness (QED) is 0.828. The molecule has 2 atom stereocenters. The summed E-state index contributed by atoms with van der Waals surface area (Å²) < 4.78 is 11.6. The summed E-state index contributed by atoms with van der Waals surface area (Å²) in [5, 5.41) is 18.5. The molecule has 6 nitrogen and oxygen atoms in total. The highest BCUT2D eigenvalue weighted by Gasteiger charge is 2.29. The highest BCUT2D eigenvalue weighted by atomic mass is 16.5. The minimum Gasteiger partial charge on any atom is -0.457 e. The van der Waals surface area contributed by atoms with Crippen molar-refractivity contribution in [1.29, 1.82) is 10.5 Å². The maximum atomic E-state index is 9.51. The molecular formula is C22H22N4O2. The van der Waals surface area contributed by atoms with E-state index in [2.05, 4.69) is 12.1 Å². The molecule has 3 rings (SSSR count). The van der Waals surface area contributed by atoms with E-state index < -0.39 is 0 Å². The summed E-state index contributed by atoms with van der Waals surface area (Å²) in [6, 6.07) is 18.5. The Bertz CT molecular complexity index is 954. The molecule has 0 radical (unpaired) electrons. The maximum absolute atomic E-state index is 9.51. The zero-order chi connectivity index (χ0) is 20.1. The summed E-state index contributed by atoms with van der Waals surface area (Å²) in [5.74, 6) is 1.24. The Balaban J connectivity index is 1.88. The van der Waals surface area contributed by atoms with Crippen LogP contribution in [0.4, 0.5) is 5.69 Å². The van der Waals surface area contributed by atoms with Crippen molar-refractivity contribution in [3.05, 3.63) is 65.4 Å². The van der Waals surface area contributed by atoms with Crippen LogP contribution in [0.5, 0.6) is 11.5 Å². The van der Waals surface area contributed by atoms with Gasteiger partial charge in [0, 0.05) is 17.9 Å². The van der Waals surface area contributed by atoms with Gasteiger partial charge in [0.25, 0.3) is 0 Å². The Hall–Kier alpha value is -3.32. The molecule has 0 saturated heterocycles. The fraction of sp³-hybridized carbons (Fsp3) is 0.273. The van der Waals surface area contributed by atoms with Crippen LogP contribution in [0.3, 0.4) is 0 Å². The van der Waals surface area contributed by atoms with E-state index in [-0.39, 0.29) is 12.1 Å². The third-order valence-corrected chi connectivity index (χ3v) is 4.73. The first kappa shape index (κ1) is 19.4. The summed E-state index contributed by atoms with van der Waals surface area (Å²) in [4.78, 5) is 1.96. The van der Waals surface area contributed by atoms with Crippen LogP contribution in [-0.4, -0.2) is 25.3 Å². The number of hydrogen-bond acceptors (Lipinski definition) is 6. The average Bonchev–Trinajstić information content (AvgIpc) is 3.09. The normalized spacial score (nSPS) is 17.0. The first-order valence-corrected chi connectivity index (χ1v) is 9.08. The zero-order valence-corrected chi connectivity index (χ0v) is 15.9. The summed E-state index contributed by atoms with van der Waals surface area (Å²) >= 11 is 0. The number of rotatable bonds is 6. The van der Waals surface area contributed by atoms with Crippen LogP contribution < -0.4 is 15.4 Å². The SMILES string of the molecule is CC1OCC(N(c2ccc(Oc3cccc(C#N)c3)cc2)C(C)C#N)=C1CN. The molecule has 0 amide bonds. The predicted octanol–water partition coefficient (Wildman–Crippen LogP) is 3.70. The summed E-state index contributed by atoms with van der Waals surface area (Å²) in [6.45, 7) is 4.64. The third kappa shape index (κ3) is 3.99. The van der Waals surface area contributed by atoms with Crippen LogP contribution in [-0.2, 0) is 4.74 Å². The molecule has 0 spiro atoms. The Morgan fingerprint density at radius 3 is 2.61 bits per heavy atom. The molecule has 0 aromatic heterocycles. The smallest absolute Gasteiger partial charge is 0.128 e. The van der Waals surface area contributed by atoms with Gasteiger partial charge in [0.1, 0.15) is 17.5 Å². The van der Waals surface area contributed by atoms with Crippen LogP contribution in [0.1, 0.15) is 19.4 Å². The van der Waals surface area contributed by atoms with Crippen LogP contribution >= 0.6 is 0 Å². The van der Waals surface area contributed by atoms with Crippen molar-refractivity contribution in [1.82, 2.24) is 0 Å². The van der Waals surface area contributed by atoms with Gasteiger partial charge in [-0.15, -0.1) is 0 Å². The van der Waals surface area contributed by atoms with Crippen LogP contribution in [0, 0.1) is 22.7 Å². The van der Waals surface area contributed by atoms with Crippen molar-refractivity contribution in [3.63, 3.8) is 0 Å². The lowest BCUT2D eigenvalue weighted by atomic mass is 10.1. The van der Waals surface area contributed by atoms with E-state index in [0.717, 1.165) is 17.0 Å². The highest BCUT2D eigenvalue weighted by Crippen LogP contribution is 2.32. The lowest BCUT2D eigenvalue weighted by Gasteiger charge is -2.29. The molecule has 1 aliphatic heterocycles. The van der Waals surface area contributed by atoms with Gasteiger partial charge in [-0.3, -0.25) is 0 Å². The minimum absolute atomic E-state index is 0.0524. The van der Waals surface area contributed by atoms with Gasteiger partial charge in [0.05, 0.1) is 30.4 Å². The van der Waals surface area contributed by atoms with E-state index >= 15 is 0 Å².